The summed E-state index contributed by atoms with van der Waals surface area (Å²) in [5, 5.41) is 7.94. The van der Waals surface area contributed by atoms with Gasteiger partial charge in [-0.05, 0) is 68.3 Å². The van der Waals surface area contributed by atoms with Crippen molar-refractivity contribution in [1.29, 1.82) is 0 Å². The fourth-order valence-corrected chi connectivity index (χ4v) is 3.47. The SMILES string of the molecule is CN(CCNCCc1ccsc1)CC1CCN(C)C1. The maximum absolute atomic E-state index is 3.54. The Morgan fingerprint density at radius 1 is 1.47 bits per heavy atom. The standard InChI is InChI=1S/C15H27N3S/c1-17-8-4-15(11-17)12-18(2)9-7-16-6-3-14-5-10-19-13-14/h5,10,13,15-16H,3-4,6-9,11-12H2,1-2H3. The Morgan fingerprint density at radius 3 is 3.05 bits per heavy atom. The van der Waals surface area contributed by atoms with E-state index in [0.717, 1.165) is 32.0 Å². The highest BCUT2D eigenvalue weighted by Gasteiger charge is 2.20. The second kappa shape index (κ2) is 8.00. The minimum atomic E-state index is 0.876. The Balaban J connectivity index is 1.48. The fraction of sp³-hybridized carbons (Fsp3) is 0.733. The first kappa shape index (κ1) is 15.0. The van der Waals surface area contributed by atoms with Crippen molar-refractivity contribution in [3.63, 3.8) is 0 Å². The molecule has 3 nitrogen and oxygen atoms in total. The lowest BCUT2D eigenvalue weighted by atomic mass is 10.1. The van der Waals surface area contributed by atoms with Gasteiger partial charge in [0.25, 0.3) is 0 Å². The molecule has 1 aromatic heterocycles. The van der Waals surface area contributed by atoms with Crippen LogP contribution in [0.15, 0.2) is 16.8 Å². The van der Waals surface area contributed by atoms with E-state index in [1.165, 1.54) is 31.6 Å². The van der Waals surface area contributed by atoms with Crippen molar-refractivity contribution >= 4 is 11.3 Å². The highest BCUT2D eigenvalue weighted by molar-refractivity contribution is 7.07. The number of likely N-dealkylation sites (tertiary alicyclic amines) is 1. The van der Waals surface area contributed by atoms with E-state index in [-0.39, 0.29) is 0 Å². The summed E-state index contributed by atoms with van der Waals surface area (Å²) in [4.78, 5) is 4.92. The van der Waals surface area contributed by atoms with Gasteiger partial charge in [-0.2, -0.15) is 11.3 Å². The van der Waals surface area contributed by atoms with Gasteiger partial charge in [-0.25, -0.2) is 0 Å². The third-order valence-corrected chi connectivity index (χ3v) is 4.63. The minimum Gasteiger partial charge on any atom is -0.315 e. The summed E-state index contributed by atoms with van der Waals surface area (Å²) in [7, 11) is 4.48. The molecule has 19 heavy (non-hydrogen) atoms. The lowest BCUT2D eigenvalue weighted by Crippen LogP contribution is -2.34. The monoisotopic (exact) mass is 281 g/mol. The fourth-order valence-electron chi connectivity index (χ4n) is 2.77. The molecule has 2 heterocycles. The second-order valence-electron chi connectivity index (χ2n) is 5.81. The smallest absolute Gasteiger partial charge is 0.0104 e. The Morgan fingerprint density at radius 2 is 2.37 bits per heavy atom. The van der Waals surface area contributed by atoms with Crippen LogP contribution in [-0.4, -0.2) is 63.2 Å². The van der Waals surface area contributed by atoms with Crippen LogP contribution in [0.3, 0.4) is 0 Å². The van der Waals surface area contributed by atoms with Gasteiger partial charge in [-0.3, -0.25) is 0 Å². The molecule has 0 aromatic carbocycles. The maximum atomic E-state index is 3.54. The van der Waals surface area contributed by atoms with Crippen LogP contribution in [0.4, 0.5) is 0 Å². The Kier molecular flexibility index (Phi) is 6.31. The number of hydrogen-bond donors (Lipinski definition) is 1. The van der Waals surface area contributed by atoms with Crippen molar-refractivity contribution in [2.45, 2.75) is 12.8 Å². The Bertz CT molecular complexity index is 339. The first-order valence-corrected chi connectivity index (χ1v) is 8.27. The van der Waals surface area contributed by atoms with Gasteiger partial charge in [0, 0.05) is 26.2 Å². The number of nitrogens with zero attached hydrogens (tertiary/aromatic N) is 2. The van der Waals surface area contributed by atoms with E-state index < -0.39 is 0 Å². The maximum Gasteiger partial charge on any atom is 0.0104 e. The third-order valence-electron chi connectivity index (χ3n) is 3.90. The quantitative estimate of drug-likeness (QED) is 0.733. The number of rotatable bonds is 8. The van der Waals surface area contributed by atoms with Crippen molar-refractivity contribution in [2.24, 2.45) is 5.92 Å². The average Bonchev–Trinajstić information content (AvgIpc) is 3.01. The number of hydrogen-bond acceptors (Lipinski definition) is 4. The molecule has 0 amide bonds. The molecule has 108 valence electrons. The predicted molar refractivity (Wildman–Crippen MR) is 84.0 cm³/mol. The lowest BCUT2D eigenvalue weighted by Gasteiger charge is -2.21. The van der Waals surface area contributed by atoms with Gasteiger partial charge < -0.3 is 15.1 Å². The molecule has 1 fully saturated rings. The summed E-state index contributed by atoms with van der Waals surface area (Å²) in [5.41, 5.74) is 1.46. The summed E-state index contributed by atoms with van der Waals surface area (Å²) >= 11 is 1.79. The molecule has 1 aliphatic rings. The molecular weight excluding hydrogens is 254 g/mol. The van der Waals surface area contributed by atoms with E-state index in [0.29, 0.717) is 0 Å². The van der Waals surface area contributed by atoms with E-state index in [1.54, 1.807) is 11.3 Å². The van der Waals surface area contributed by atoms with E-state index in [2.05, 4.69) is 46.0 Å². The van der Waals surface area contributed by atoms with Crippen molar-refractivity contribution in [3.05, 3.63) is 22.4 Å². The first-order chi connectivity index (χ1) is 9.24. The highest BCUT2D eigenvalue weighted by atomic mass is 32.1. The van der Waals surface area contributed by atoms with Gasteiger partial charge >= 0.3 is 0 Å². The molecule has 1 aliphatic heterocycles. The van der Waals surface area contributed by atoms with Crippen molar-refractivity contribution in [1.82, 2.24) is 15.1 Å². The summed E-state index contributed by atoms with van der Waals surface area (Å²) in [5.74, 6) is 0.876. The molecule has 1 aromatic rings. The van der Waals surface area contributed by atoms with Crippen LogP contribution in [0.25, 0.3) is 0 Å². The van der Waals surface area contributed by atoms with Gasteiger partial charge in [-0.15, -0.1) is 0 Å². The molecule has 1 unspecified atom stereocenters. The molecule has 0 bridgehead atoms. The number of nitrogens with one attached hydrogen (secondary N) is 1. The number of thiophene rings is 1. The Labute approximate surface area is 121 Å². The topological polar surface area (TPSA) is 18.5 Å². The van der Waals surface area contributed by atoms with Gasteiger partial charge in [-0.1, -0.05) is 0 Å². The van der Waals surface area contributed by atoms with Crippen molar-refractivity contribution in [2.75, 3.05) is 53.4 Å². The van der Waals surface area contributed by atoms with E-state index in [4.69, 9.17) is 0 Å². The van der Waals surface area contributed by atoms with Crippen LogP contribution in [0.1, 0.15) is 12.0 Å². The van der Waals surface area contributed by atoms with Gasteiger partial charge in [0.2, 0.25) is 0 Å². The van der Waals surface area contributed by atoms with Crippen LogP contribution >= 0.6 is 11.3 Å². The molecule has 1 N–H and O–H groups in total. The second-order valence-corrected chi connectivity index (χ2v) is 6.59. The third kappa shape index (κ3) is 5.61. The zero-order chi connectivity index (χ0) is 13.5. The van der Waals surface area contributed by atoms with Crippen molar-refractivity contribution < 1.29 is 0 Å². The first-order valence-electron chi connectivity index (χ1n) is 7.33. The minimum absolute atomic E-state index is 0.876. The normalized spacial score (nSPS) is 20.5. The molecule has 1 saturated heterocycles. The molecule has 1 atom stereocenters. The summed E-state index contributed by atoms with van der Waals surface area (Å²) in [6.45, 7) is 7.15. The summed E-state index contributed by atoms with van der Waals surface area (Å²) in [6.07, 6.45) is 2.52. The largest absolute Gasteiger partial charge is 0.315 e. The molecule has 4 heteroatoms. The van der Waals surface area contributed by atoms with Crippen LogP contribution in [0.2, 0.25) is 0 Å². The molecule has 0 saturated carbocycles. The van der Waals surface area contributed by atoms with E-state index in [9.17, 15) is 0 Å². The zero-order valence-electron chi connectivity index (χ0n) is 12.3. The Hall–Kier alpha value is -0.420. The van der Waals surface area contributed by atoms with Gasteiger partial charge in [0.1, 0.15) is 0 Å². The zero-order valence-corrected chi connectivity index (χ0v) is 13.1. The molecule has 0 spiro atoms. The lowest BCUT2D eigenvalue weighted by molar-refractivity contribution is 0.273. The van der Waals surface area contributed by atoms with Crippen LogP contribution in [0, 0.1) is 5.92 Å². The summed E-state index contributed by atoms with van der Waals surface area (Å²) < 4.78 is 0. The predicted octanol–water partition coefficient (Wildman–Crippen LogP) is 1.76. The molecular formula is C15H27N3S. The van der Waals surface area contributed by atoms with Crippen LogP contribution < -0.4 is 5.32 Å². The van der Waals surface area contributed by atoms with Gasteiger partial charge in [0.15, 0.2) is 0 Å². The number of likely N-dealkylation sites (N-methyl/N-ethyl adjacent to an activating group) is 1. The van der Waals surface area contributed by atoms with Crippen molar-refractivity contribution in [3.8, 4) is 0 Å². The van der Waals surface area contributed by atoms with E-state index in [1.807, 2.05) is 0 Å². The molecule has 0 radical (unpaired) electrons. The van der Waals surface area contributed by atoms with Crippen LogP contribution in [0.5, 0.6) is 0 Å². The van der Waals surface area contributed by atoms with Crippen LogP contribution in [-0.2, 0) is 6.42 Å². The molecule has 2 rings (SSSR count). The average molecular weight is 281 g/mol. The molecule has 0 aliphatic carbocycles. The summed E-state index contributed by atoms with van der Waals surface area (Å²) in [6, 6.07) is 2.22. The van der Waals surface area contributed by atoms with E-state index >= 15 is 0 Å². The highest BCUT2D eigenvalue weighted by Crippen LogP contribution is 2.14. The van der Waals surface area contributed by atoms with Gasteiger partial charge in [0.05, 0.1) is 0 Å².